The second-order valence-corrected chi connectivity index (χ2v) is 10.1. The van der Waals surface area contributed by atoms with Gasteiger partial charge in [0.05, 0.1) is 21.8 Å². The van der Waals surface area contributed by atoms with Crippen LogP contribution >= 0.6 is 11.3 Å². The van der Waals surface area contributed by atoms with Crippen molar-refractivity contribution in [2.75, 3.05) is 18.5 Å². The molecule has 4 aliphatic rings. The molecule has 4 saturated carbocycles. The molecule has 1 heterocycles. The smallest absolute Gasteiger partial charge is 0.158 e. The summed E-state index contributed by atoms with van der Waals surface area (Å²) in [5.41, 5.74) is 2.16. The highest BCUT2D eigenvalue weighted by Crippen LogP contribution is 2.60. The van der Waals surface area contributed by atoms with Crippen LogP contribution in [0.15, 0.2) is 18.2 Å². The number of likely N-dealkylation sites (N-methyl/N-ethyl adjacent to an activating group) is 1. The van der Waals surface area contributed by atoms with Gasteiger partial charge in [-0.15, -0.1) is 11.3 Å². The molecule has 4 bridgehead atoms. The summed E-state index contributed by atoms with van der Waals surface area (Å²) < 4.78 is 1.22. The number of carbonyl (C=O) groups is 1. The van der Waals surface area contributed by atoms with Crippen LogP contribution in [0, 0.1) is 30.1 Å². The molecule has 0 saturated heterocycles. The minimum atomic E-state index is 0.00430. The summed E-state index contributed by atoms with van der Waals surface area (Å²) in [7, 11) is 2.05. The van der Waals surface area contributed by atoms with Gasteiger partial charge >= 0.3 is 0 Å². The zero-order valence-corrected chi connectivity index (χ0v) is 15.9. The van der Waals surface area contributed by atoms with Crippen molar-refractivity contribution in [3.05, 3.63) is 23.2 Å². The number of carbonyl (C=O) groups excluding carboxylic acids is 1. The summed E-state index contributed by atoms with van der Waals surface area (Å²) in [5.74, 6) is 2.98. The molecule has 4 heteroatoms. The average Bonchev–Trinajstić information content (AvgIpc) is 2.92. The Morgan fingerprint density at radius 1 is 1.20 bits per heavy atom. The van der Waals surface area contributed by atoms with Crippen LogP contribution in [0.4, 0.5) is 5.69 Å². The Bertz CT molecular complexity index is 804. The minimum absolute atomic E-state index is 0.00430. The highest BCUT2D eigenvalue weighted by atomic mass is 32.1. The average molecular weight is 355 g/mol. The Morgan fingerprint density at radius 3 is 2.48 bits per heavy atom. The van der Waals surface area contributed by atoms with E-state index in [1.54, 1.807) is 11.3 Å². The molecule has 0 aliphatic heterocycles. The molecule has 4 fully saturated rings. The third-order valence-electron chi connectivity index (χ3n) is 6.93. The molecule has 4 aliphatic carbocycles. The zero-order chi connectivity index (χ0) is 17.2. The van der Waals surface area contributed by atoms with Gasteiger partial charge in [0, 0.05) is 18.2 Å². The molecule has 2 aromatic rings. The van der Waals surface area contributed by atoms with Gasteiger partial charge in [-0.05, 0) is 81.4 Å². The number of benzene rings is 1. The number of hydrogen-bond acceptors (Lipinski definition) is 4. The van der Waals surface area contributed by atoms with Crippen molar-refractivity contribution < 1.29 is 4.79 Å². The molecule has 25 heavy (non-hydrogen) atoms. The van der Waals surface area contributed by atoms with E-state index in [9.17, 15) is 4.79 Å². The van der Waals surface area contributed by atoms with Crippen LogP contribution in [0.1, 0.15) is 43.5 Å². The molecule has 1 aromatic carbocycles. The van der Waals surface area contributed by atoms with E-state index in [0.29, 0.717) is 12.3 Å². The normalized spacial score (nSPS) is 33.1. The van der Waals surface area contributed by atoms with E-state index in [4.69, 9.17) is 0 Å². The van der Waals surface area contributed by atoms with Gasteiger partial charge in [-0.1, -0.05) is 0 Å². The number of Topliss-reactive ketones (excluding diaryl/α,β-unsaturated/α-hetero) is 1. The van der Waals surface area contributed by atoms with Crippen LogP contribution in [0.2, 0.25) is 0 Å². The molecule has 0 radical (unpaired) electrons. The van der Waals surface area contributed by atoms with Gasteiger partial charge < -0.3 is 4.90 Å². The number of anilines is 1. The summed E-state index contributed by atoms with van der Waals surface area (Å²) in [6.45, 7) is 2.59. The zero-order valence-electron chi connectivity index (χ0n) is 15.1. The number of aromatic nitrogens is 1. The SMILES string of the molecule is Cc1nc2cc(N(C)CC(=O)C34CC5CC(CC(C5)C3)C4)ccc2s1. The number of fused-ring (bicyclic) bond motifs is 1. The molecule has 0 atom stereocenters. The molecule has 0 amide bonds. The Hall–Kier alpha value is -1.42. The van der Waals surface area contributed by atoms with E-state index >= 15 is 0 Å². The highest BCUT2D eigenvalue weighted by Gasteiger charge is 2.54. The third-order valence-corrected chi connectivity index (χ3v) is 7.88. The first-order valence-electron chi connectivity index (χ1n) is 9.62. The van der Waals surface area contributed by atoms with Crippen LogP contribution < -0.4 is 4.90 Å². The standard InChI is InChI=1S/C21H26N2OS/c1-13-22-18-8-17(3-4-19(18)25-13)23(2)12-20(24)21-9-14-5-15(10-21)7-16(6-14)11-21/h3-4,8,14-16H,5-7,9-12H2,1-2H3. The summed E-state index contributed by atoms with van der Waals surface area (Å²) in [6, 6.07) is 6.40. The molecule has 6 rings (SSSR count). The van der Waals surface area contributed by atoms with Gasteiger partial charge in [0.15, 0.2) is 5.78 Å². The lowest BCUT2D eigenvalue weighted by molar-refractivity contribution is -0.142. The van der Waals surface area contributed by atoms with Crippen LogP contribution in [0.3, 0.4) is 0 Å². The van der Waals surface area contributed by atoms with E-state index in [2.05, 4.69) is 35.1 Å². The first kappa shape index (κ1) is 15.8. The van der Waals surface area contributed by atoms with Gasteiger partial charge in [-0.25, -0.2) is 4.98 Å². The van der Waals surface area contributed by atoms with E-state index < -0.39 is 0 Å². The molecular formula is C21H26N2OS. The lowest BCUT2D eigenvalue weighted by atomic mass is 9.48. The van der Waals surface area contributed by atoms with Crippen molar-refractivity contribution in [3.8, 4) is 0 Å². The number of thiazole rings is 1. The summed E-state index contributed by atoms with van der Waals surface area (Å²) in [5, 5.41) is 1.10. The molecule has 0 N–H and O–H groups in total. The maximum Gasteiger partial charge on any atom is 0.158 e. The van der Waals surface area contributed by atoms with E-state index in [0.717, 1.165) is 53.2 Å². The lowest BCUT2D eigenvalue weighted by Gasteiger charge is -2.56. The number of aryl methyl sites for hydroxylation is 1. The quantitative estimate of drug-likeness (QED) is 0.789. The predicted octanol–water partition coefficient (Wildman–Crippen LogP) is 4.83. The fraction of sp³-hybridized carbons (Fsp3) is 0.619. The Labute approximate surface area is 153 Å². The van der Waals surface area contributed by atoms with E-state index in [1.807, 2.05) is 6.92 Å². The number of rotatable bonds is 4. The molecule has 3 nitrogen and oxygen atoms in total. The summed E-state index contributed by atoms with van der Waals surface area (Å²) in [4.78, 5) is 20.0. The van der Waals surface area contributed by atoms with E-state index in [-0.39, 0.29) is 5.41 Å². The first-order valence-corrected chi connectivity index (χ1v) is 10.4. The number of nitrogens with zero attached hydrogens (tertiary/aromatic N) is 2. The molecule has 1 aromatic heterocycles. The summed E-state index contributed by atoms with van der Waals surface area (Å²) in [6.07, 6.45) is 7.66. The van der Waals surface area contributed by atoms with Crippen LogP contribution in [-0.2, 0) is 4.79 Å². The molecule has 132 valence electrons. The van der Waals surface area contributed by atoms with Crippen molar-refractivity contribution in [2.24, 2.45) is 23.2 Å². The Balaban J connectivity index is 1.36. The predicted molar refractivity (Wildman–Crippen MR) is 103 cm³/mol. The minimum Gasteiger partial charge on any atom is -0.367 e. The van der Waals surface area contributed by atoms with Crippen molar-refractivity contribution in [2.45, 2.75) is 45.4 Å². The molecule has 0 spiro atoms. The second-order valence-electron chi connectivity index (χ2n) is 8.86. The van der Waals surface area contributed by atoms with Gasteiger partial charge in [0.2, 0.25) is 0 Å². The van der Waals surface area contributed by atoms with Crippen molar-refractivity contribution in [1.82, 2.24) is 4.98 Å². The fourth-order valence-corrected chi connectivity index (χ4v) is 7.00. The monoisotopic (exact) mass is 354 g/mol. The maximum atomic E-state index is 13.3. The topological polar surface area (TPSA) is 33.2 Å². The Kier molecular flexibility index (Phi) is 3.50. The van der Waals surface area contributed by atoms with E-state index in [1.165, 1.54) is 24.0 Å². The van der Waals surface area contributed by atoms with Gasteiger partial charge in [0.1, 0.15) is 0 Å². The van der Waals surface area contributed by atoms with Gasteiger partial charge in [-0.3, -0.25) is 4.79 Å². The van der Waals surface area contributed by atoms with Gasteiger partial charge in [0.25, 0.3) is 0 Å². The molecule has 0 unspecified atom stereocenters. The van der Waals surface area contributed by atoms with Crippen LogP contribution in [-0.4, -0.2) is 24.4 Å². The maximum absolute atomic E-state index is 13.3. The highest BCUT2D eigenvalue weighted by molar-refractivity contribution is 7.18. The molecular weight excluding hydrogens is 328 g/mol. The summed E-state index contributed by atoms with van der Waals surface area (Å²) >= 11 is 1.73. The van der Waals surface area contributed by atoms with Crippen LogP contribution in [0.25, 0.3) is 10.2 Å². The van der Waals surface area contributed by atoms with Crippen molar-refractivity contribution in [1.29, 1.82) is 0 Å². The number of hydrogen-bond donors (Lipinski definition) is 0. The van der Waals surface area contributed by atoms with Gasteiger partial charge in [-0.2, -0.15) is 0 Å². The fourth-order valence-electron chi connectivity index (χ4n) is 6.20. The number of ketones is 1. The Morgan fingerprint density at radius 2 is 1.84 bits per heavy atom. The largest absolute Gasteiger partial charge is 0.367 e. The first-order chi connectivity index (χ1) is 12.0. The van der Waals surface area contributed by atoms with Crippen molar-refractivity contribution >= 4 is 33.0 Å². The second kappa shape index (κ2) is 5.54. The van der Waals surface area contributed by atoms with Crippen molar-refractivity contribution in [3.63, 3.8) is 0 Å². The van der Waals surface area contributed by atoms with Crippen LogP contribution in [0.5, 0.6) is 0 Å². The third kappa shape index (κ3) is 2.61. The lowest BCUT2D eigenvalue weighted by Crippen LogP contribution is -2.52.